The van der Waals surface area contributed by atoms with Crippen LogP contribution in [0.1, 0.15) is 35.8 Å². The van der Waals surface area contributed by atoms with Crippen LogP contribution in [0.15, 0.2) is 30.5 Å². The molecule has 146 valence electrons. The van der Waals surface area contributed by atoms with Crippen molar-refractivity contribution in [1.82, 2.24) is 14.7 Å². The summed E-state index contributed by atoms with van der Waals surface area (Å²) in [5, 5.41) is 14.4. The predicted octanol–water partition coefficient (Wildman–Crippen LogP) is 2.51. The molecule has 1 aromatic heterocycles. The zero-order chi connectivity index (χ0) is 19.4. The number of aryl methyl sites for hydroxylation is 2. The molecule has 0 unspecified atom stereocenters. The number of carbonyl (C=O) groups is 1. The average Bonchev–Trinajstić information content (AvgIpc) is 3.09. The molecule has 0 saturated carbocycles. The van der Waals surface area contributed by atoms with Crippen molar-refractivity contribution in [3.8, 4) is 11.1 Å². The van der Waals surface area contributed by atoms with Crippen molar-refractivity contribution in [3.63, 3.8) is 0 Å². The number of carbonyl (C=O) groups excluding carboxylic acids is 1. The number of benzene rings is 1. The van der Waals surface area contributed by atoms with Crippen molar-refractivity contribution in [1.29, 1.82) is 0 Å². The van der Waals surface area contributed by atoms with Crippen LogP contribution in [0.25, 0.3) is 11.1 Å². The van der Waals surface area contributed by atoms with Crippen LogP contribution in [0.5, 0.6) is 0 Å². The summed E-state index contributed by atoms with van der Waals surface area (Å²) in [6.07, 6.45) is 4.39. The summed E-state index contributed by atoms with van der Waals surface area (Å²) in [5.41, 5.74) is 3.48. The van der Waals surface area contributed by atoms with Gasteiger partial charge in [0.2, 0.25) is 0 Å². The molecule has 0 bridgehead atoms. The van der Waals surface area contributed by atoms with Gasteiger partial charge in [-0.25, -0.2) is 0 Å². The summed E-state index contributed by atoms with van der Waals surface area (Å²) < 4.78 is 7.23. The lowest BCUT2D eigenvalue weighted by Gasteiger charge is -2.38. The molecule has 1 N–H and O–H groups in total. The third-order valence-electron chi connectivity index (χ3n) is 5.47. The second kappa shape index (κ2) is 8.23. The van der Waals surface area contributed by atoms with Gasteiger partial charge in [-0.05, 0) is 37.0 Å². The second-order valence-corrected chi connectivity index (χ2v) is 7.53. The van der Waals surface area contributed by atoms with Gasteiger partial charge in [0.25, 0.3) is 5.91 Å². The molecular formula is C21H29N3O3. The van der Waals surface area contributed by atoms with E-state index in [2.05, 4.69) is 12.0 Å². The minimum Gasteiger partial charge on any atom is -0.396 e. The molecule has 27 heavy (non-hydrogen) atoms. The van der Waals surface area contributed by atoms with E-state index in [-0.39, 0.29) is 17.9 Å². The first-order valence-electron chi connectivity index (χ1n) is 9.55. The van der Waals surface area contributed by atoms with Gasteiger partial charge in [-0.15, -0.1) is 0 Å². The van der Waals surface area contributed by atoms with Crippen LogP contribution in [0.2, 0.25) is 0 Å². The molecule has 0 radical (unpaired) electrons. The number of hydrogen-bond acceptors (Lipinski definition) is 4. The van der Waals surface area contributed by atoms with Crippen LogP contribution in [-0.4, -0.2) is 59.1 Å². The Morgan fingerprint density at radius 2 is 2.11 bits per heavy atom. The number of rotatable bonds is 6. The molecular weight excluding hydrogens is 342 g/mol. The van der Waals surface area contributed by atoms with Gasteiger partial charge in [-0.3, -0.25) is 9.48 Å². The number of nitrogens with zero attached hydrogens (tertiary/aromatic N) is 3. The smallest absolute Gasteiger partial charge is 0.253 e. The molecule has 1 amide bonds. The summed E-state index contributed by atoms with van der Waals surface area (Å²) in [7, 11) is 3.72. The molecule has 6 heteroatoms. The molecule has 0 spiro atoms. The fourth-order valence-electron chi connectivity index (χ4n) is 3.82. The fraction of sp³-hybridized carbons (Fsp3) is 0.524. The fourth-order valence-corrected chi connectivity index (χ4v) is 3.82. The average molecular weight is 371 g/mol. The van der Waals surface area contributed by atoms with Crippen molar-refractivity contribution >= 4 is 5.91 Å². The highest BCUT2D eigenvalue weighted by molar-refractivity contribution is 5.95. The molecule has 6 nitrogen and oxygen atoms in total. The largest absolute Gasteiger partial charge is 0.396 e. The Hall–Kier alpha value is -2.18. The minimum absolute atomic E-state index is 0.0295. The number of aliphatic hydroxyl groups is 1. The zero-order valence-corrected chi connectivity index (χ0v) is 16.4. The first-order chi connectivity index (χ1) is 13.0. The summed E-state index contributed by atoms with van der Waals surface area (Å²) in [6.45, 7) is 3.96. The molecule has 2 heterocycles. The summed E-state index contributed by atoms with van der Waals surface area (Å²) in [5.74, 6) is -0.0295. The van der Waals surface area contributed by atoms with E-state index in [9.17, 15) is 9.90 Å². The maximum absolute atomic E-state index is 13.0. The van der Waals surface area contributed by atoms with Crippen LogP contribution in [0, 0.1) is 5.41 Å². The molecule has 1 aromatic carbocycles. The quantitative estimate of drug-likeness (QED) is 0.847. The maximum atomic E-state index is 13.0. The topological polar surface area (TPSA) is 67.6 Å². The van der Waals surface area contributed by atoms with E-state index in [1.54, 1.807) is 4.90 Å². The number of aliphatic hydroxyl groups excluding tert-OH is 1. The Kier molecular flexibility index (Phi) is 5.97. The molecule has 2 aromatic rings. The molecule has 1 aliphatic heterocycles. The monoisotopic (exact) mass is 371 g/mol. The van der Waals surface area contributed by atoms with Crippen LogP contribution in [0.3, 0.4) is 0 Å². The van der Waals surface area contributed by atoms with Gasteiger partial charge in [0, 0.05) is 56.6 Å². The van der Waals surface area contributed by atoms with Crippen LogP contribution in [0.4, 0.5) is 0 Å². The summed E-state index contributed by atoms with van der Waals surface area (Å²) in [4.78, 5) is 14.7. The maximum Gasteiger partial charge on any atom is 0.253 e. The second-order valence-electron chi connectivity index (χ2n) is 7.53. The van der Waals surface area contributed by atoms with Crippen LogP contribution in [-0.2, 0) is 18.2 Å². The molecule has 3 rings (SSSR count). The lowest BCUT2D eigenvalue weighted by Crippen LogP contribution is -2.44. The molecule has 0 aliphatic carbocycles. The number of amides is 1. The standard InChI is InChI=1S/C21H29N3O3/c1-4-19-18(13-24(3)22-19)16-6-5-7-17(12-16)20(26)23(2)14-21(15-25)8-10-27-11-9-21/h5-7,12-13,25H,4,8-11,14-15H2,1-3H3. The first kappa shape index (κ1) is 19.6. The molecule has 1 fully saturated rings. The van der Waals surface area contributed by atoms with Crippen molar-refractivity contribution in [2.24, 2.45) is 12.5 Å². The molecule has 0 atom stereocenters. The lowest BCUT2D eigenvalue weighted by atomic mass is 9.80. The van der Waals surface area contributed by atoms with Crippen molar-refractivity contribution < 1.29 is 14.6 Å². The van der Waals surface area contributed by atoms with Gasteiger partial charge < -0.3 is 14.7 Å². The highest BCUT2D eigenvalue weighted by Gasteiger charge is 2.34. The summed E-state index contributed by atoms with van der Waals surface area (Å²) in [6, 6.07) is 7.71. The van der Waals surface area contributed by atoms with Gasteiger partial charge in [0.15, 0.2) is 0 Å². The van der Waals surface area contributed by atoms with E-state index in [0.29, 0.717) is 25.3 Å². The van der Waals surface area contributed by atoms with E-state index >= 15 is 0 Å². The zero-order valence-electron chi connectivity index (χ0n) is 16.4. The van der Waals surface area contributed by atoms with Gasteiger partial charge >= 0.3 is 0 Å². The van der Waals surface area contributed by atoms with Crippen LogP contribution >= 0.6 is 0 Å². The third kappa shape index (κ3) is 4.22. The van der Waals surface area contributed by atoms with E-state index < -0.39 is 0 Å². The third-order valence-corrected chi connectivity index (χ3v) is 5.47. The van der Waals surface area contributed by atoms with E-state index in [4.69, 9.17) is 4.74 Å². The Morgan fingerprint density at radius 3 is 2.78 bits per heavy atom. The highest BCUT2D eigenvalue weighted by atomic mass is 16.5. The van der Waals surface area contributed by atoms with Gasteiger partial charge in [0.1, 0.15) is 0 Å². The van der Waals surface area contributed by atoms with E-state index in [0.717, 1.165) is 36.1 Å². The van der Waals surface area contributed by atoms with Crippen molar-refractivity contribution in [3.05, 3.63) is 41.7 Å². The summed E-state index contributed by atoms with van der Waals surface area (Å²) >= 11 is 0. The van der Waals surface area contributed by atoms with E-state index in [1.165, 1.54) is 0 Å². The van der Waals surface area contributed by atoms with Gasteiger partial charge in [0.05, 0.1) is 12.3 Å². The van der Waals surface area contributed by atoms with Gasteiger partial charge in [-0.2, -0.15) is 5.10 Å². The van der Waals surface area contributed by atoms with Gasteiger partial charge in [-0.1, -0.05) is 19.1 Å². The van der Waals surface area contributed by atoms with Crippen molar-refractivity contribution in [2.45, 2.75) is 26.2 Å². The Labute approximate surface area is 160 Å². The van der Waals surface area contributed by atoms with E-state index in [1.807, 2.05) is 49.2 Å². The Bertz CT molecular complexity index is 794. The molecule has 1 saturated heterocycles. The Balaban J connectivity index is 1.80. The molecule has 1 aliphatic rings. The SMILES string of the molecule is CCc1nn(C)cc1-c1cccc(C(=O)N(C)CC2(CO)CCOCC2)c1. The number of hydrogen-bond donors (Lipinski definition) is 1. The highest BCUT2D eigenvalue weighted by Crippen LogP contribution is 2.31. The normalized spacial score (nSPS) is 16.3. The number of ether oxygens (including phenoxy) is 1. The van der Waals surface area contributed by atoms with Crippen LogP contribution < -0.4 is 0 Å². The minimum atomic E-state index is -0.265. The Morgan fingerprint density at radius 1 is 1.37 bits per heavy atom. The number of aromatic nitrogens is 2. The first-order valence-corrected chi connectivity index (χ1v) is 9.55. The predicted molar refractivity (Wildman–Crippen MR) is 105 cm³/mol. The van der Waals surface area contributed by atoms with Crippen molar-refractivity contribution in [2.75, 3.05) is 33.4 Å². The lowest BCUT2D eigenvalue weighted by molar-refractivity contribution is -0.0282.